The first-order chi connectivity index (χ1) is 10.1. The fourth-order valence-corrected chi connectivity index (χ4v) is 3.14. The third-order valence-corrected chi connectivity index (χ3v) is 4.37. The average Bonchev–Trinajstić information content (AvgIpc) is 2.45. The molecule has 0 atom stereocenters. The molecule has 1 aliphatic heterocycles. The molecule has 1 fully saturated rings. The van der Waals surface area contributed by atoms with Crippen LogP contribution in [-0.2, 0) is 0 Å². The van der Waals surface area contributed by atoms with E-state index < -0.39 is 0 Å². The Kier molecular flexibility index (Phi) is 6.27. The SMILES string of the molecule is CCCN1CCC(NC(=S)Nc2cc(Cl)ccc2C)CC1. The molecule has 1 aromatic rings. The van der Waals surface area contributed by atoms with E-state index in [2.05, 4.69) is 22.5 Å². The maximum absolute atomic E-state index is 6.03. The molecule has 5 heteroatoms. The van der Waals surface area contributed by atoms with Gasteiger partial charge < -0.3 is 15.5 Å². The third kappa shape index (κ3) is 5.13. The van der Waals surface area contributed by atoms with Crippen molar-refractivity contribution in [3.05, 3.63) is 28.8 Å². The van der Waals surface area contributed by atoms with E-state index in [1.165, 1.54) is 13.0 Å². The lowest BCUT2D eigenvalue weighted by molar-refractivity contribution is 0.207. The molecule has 0 aliphatic carbocycles. The second-order valence-electron chi connectivity index (χ2n) is 5.67. The van der Waals surface area contributed by atoms with E-state index in [1.807, 2.05) is 25.1 Å². The number of anilines is 1. The topological polar surface area (TPSA) is 27.3 Å². The zero-order chi connectivity index (χ0) is 15.2. The van der Waals surface area contributed by atoms with Gasteiger partial charge in [0.15, 0.2) is 5.11 Å². The van der Waals surface area contributed by atoms with E-state index in [0.29, 0.717) is 11.2 Å². The van der Waals surface area contributed by atoms with Gasteiger partial charge in [-0.3, -0.25) is 0 Å². The van der Waals surface area contributed by atoms with E-state index in [4.69, 9.17) is 23.8 Å². The van der Waals surface area contributed by atoms with Crippen LogP contribution in [0.15, 0.2) is 18.2 Å². The van der Waals surface area contributed by atoms with Crippen molar-refractivity contribution in [2.45, 2.75) is 39.2 Å². The monoisotopic (exact) mass is 325 g/mol. The molecule has 1 saturated heterocycles. The molecule has 2 N–H and O–H groups in total. The lowest BCUT2D eigenvalue weighted by Gasteiger charge is -2.32. The van der Waals surface area contributed by atoms with Crippen LogP contribution in [0, 0.1) is 6.92 Å². The van der Waals surface area contributed by atoms with Crippen molar-refractivity contribution in [2.24, 2.45) is 0 Å². The van der Waals surface area contributed by atoms with Gasteiger partial charge in [0.05, 0.1) is 0 Å². The van der Waals surface area contributed by atoms with Gasteiger partial charge >= 0.3 is 0 Å². The first-order valence-corrected chi connectivity index (χ1v) is 8.43. The number of piperidine rings is 1. The zero-order valence-electron chi connectivity index (χ0n) is 12.8. The molecular weight excluding hydrogens is 302 g/mol. The number of nitrogens with one attached hydrogen (secondary N) is 2. The molecule has 21 heavy (non-hydrogen) atoms. The standard InChI is InChI=1S/C16H24ClN3S/c1-3-8-20-9-6-14(7-10-20)18-16(21)19-15-11-13(17)5-4-12(15)2/h4-5,11,14H,3,6-10H2,1-2H3,(H2,18,19,21). The van der Waals surface area contributed by atoms with Gasteiger partial charge in [-0.25, -0.2) is 0 Å². The Morgan fingerprint density at radius 2 is 2.10 bits per heavy atom. The van der Waals surface area contributed by atoms with Gasteiger partial charge in [-0.2, -0.15) is 0 Å². The van der Waals surface area contributed by atoms with E-state index in [0.717, 1.165) is 42.2 Å². The fourth-order valence-electron chi connectivity index (χ4n) is 2.69. The fraction of sp³-hybridized carbons (Fsp3) is 0.562. The van der Waals surface area contributed by atoms with Crippen molar-refractivity contribution in [2.75, 3.05) is 25.0 Å². The molecule has 0 radical (unpaired) electrons. The van der Waals surface area contributed by atoms with Gasteiger partial charge in [0.2, 0.25) is 0 Å². The van der Waals surface area contributed by atoms with Gasteiger partial charge in [-0.1, -0.05) is 24.6 Å². The summed E-state index contributed by atoms with van der Waals surface area (Å²) in [5.41, 5.74) is 2.12. The summed E-state index contributed by atoms with van der Waals surface area (Å²) in [5.74, 6) is 0. The molecule has 2 rings (SSSR count). The molecule has 0 unspecified atom stereocenters. The minimum atomic E-state index is 0.470. The van der Waals surface area contributed by atoms with Crippen LogP contribution in [0.25, 0.3) is 0 Å². The van der Waals surface area contributed by atoms with Gasteiger partial charge in [0.1, 0.15) is 0 Å². The normalized spacial score (nSPS) is 16.7. The number of benzene rings is 1. The maximum Gasteiger partial charge on any atom is 0.171 e. The third-order valence-electron chi connectivity index (χ3n) is 3.91. The Morgan fingerprint density at radius 3 is 2.76 bits per heavy atom. The molecule has 0 spiro atoms. The molecule has 0 saturated carbocycles. The number of likely N-dealkylation sites (tertiary alicyclic amines) is 1. The first-order valence-electron chi connectivity index (χ1n) is 7.64. The Bertz CT molecular complexity index is 484. The molecule has 1 aromatic carbocycles. The van der Waals surface area contributed by atoms with E-state index in [9.17, 15) is 0 Å². The Hall–Kier alpha value is -0.840. The van der Waals surface area contributed by atoms with Crippen LogP contribution >= 0.6 is 23.8 Å². The Morgan fingerprint density at radius 1 is 1.38 bits per heavy atom. The lowest BCUT2D eigenvalue weighted by atomic mass is 10.1. The van der Waals surface area contributed by atoms with Crippen molar-refractivity contribution in [1.82, 2.24) is 10.2 Å². The Labute approximate surface area is 138 Å². The number of rotatable bonds is 4. The van der Waals surface area contributed by atoms with Gasteiger partial charge in [0.25, 0.3) is 0 Å². The van der Waals surface area contributed by atoms with Crippen LogP contribution in [0.1, 0.15) is 31.7 Å². The largest absolute Gasteiger partial charge is 0.360 e. The van der Waals surface area contributed by atoms with Crippen LogP contribution in [0.4, 0.5) is 5.69 Å². The molecule has 1 heterocycles. The molecular formula is C16H24ClN3S. The number of nitrogens with zero attached hydrogens (tertiary/aromatic N) is 1. The predicted octanol–water partition coefficient (Wildman–Crippen LogP) is 3.81. The first kappa shape index (κ1) is 16.5. The highest BCUT2D eigenvalue weighted by atomic mass is 35.5. The van der Waals surface area contributed by atoms with Gasteiger partial charge in [0, 0.05) is 29.8 Å². The number of hydrogen-bond acceptors (Lipinski definition) is 2. The summed E-state index contributed by atoms with van der Waals surface area (Å²) in [6.07, 6.45) is 3.53. The second-order valence-corrected chi connectivity index (χ2v) is 6.52. The highest BCUT2D eigenvalue weighted by Crippen LogP contribution is 2.20. The maximum atomic E-state index is 6.03. The lowest BCUT2D eigenvalue weighted by Crippen LogP contribution is -2.46. The van der Waals surface area contributed by atoms with Crippen molar-refractivity contribution < 1.29 is 0 Å². The summed E-state index contributed by atoms with van der Waals surface area (Å²) in [6.45, 7) is 7.80. The highest BCUT2D eigenvalue weighted by Gasteiger charge is 2.19. The number of hydrogen-bond donors (Lipinski definition) is 2. The Balaban J connectivity index is 1.81. The summed E-state index contributed by atoms with van der Waals surface area (Å²) in [5, 5.41) is 8.09. The van der Waals surface area contributed by atoms with Crippen molar-refractivity contribution >= 4 is 34.6 Å². The number of thiocarbonyl (C=S) groups is 1. The van der Waals surface area contributed by atoms with Crippen LogP contribution in [-0.4, -0.2) is 35.7 Å². The molecule has 1 aliphatic rings. The minimum Gasteiger partial charge on any atom is -0.360 e. The number of halogens is 1. The van der Waals surface area contributed by atoms with Gasteiger partial charge in [-0.05, 0) is 62.6 Å². The smallest absolute Gasteiger partial charge is 0.171 e. The van der Waals surface area contributed by atoms with Gasteiger partial charge in [-0.15, -0.1) is 0 Å². The molecule has 0 bridgehead atoms. The predicted molar refractivity (Wildman–Crippen MR) is 95.3 cm³/mol. The summed E-state index contributed by atoms with van der Waals surface area (Å²) in [7, 11) is 0. The number of aryl methyl sites for hydroxylation is 1. The van der Waals surface area contributed by atoms with E-state index in [-0.39, 0.29) is 0 Å². The van der Waals surface area contributed by atoms with Crippen LogP contribution in [0.5, 0.6) is 0 Å². The molecule has 0 aromatic heterocycles. The zero-order valence-corrected chi connectivity index (χ0v) is 14.4. The van der Waals surface area contributed by atoms with Crippen LogP contribution in [0.2, 0.25) is 5.02 Å². The molecule has 3 nitrogen and oxygen atoms in total. The highest BCUT2D eigenvalue weighted by molar-refractivity contribution is 7.80. The molecule has 0 amide bonds. The van der Waals surface area contributed by atoms with Crippen LogP contribution in [0.3, 0.4) is 0 Å². The summed E-state index contributed by atoms with van der Waals surface area (Å²) in [6, 6.07) is 6.27. The van der Waals surface area contributed by atoms with Crippen molar-refractivity contribution in [3.63, 3.8) is 0 Å². The summed E-state index contributed by atoms with van der Waals surface area (Å²) >= 11 is 11.5. The van der Waals surface area contributed by atoms with E-state index in [1.54, 1.807) is 0 Å². The quantitative estimate of drug-likeness (QED) is 0.823. The summed E-state index contributed by atoms with van der Waals surface area (Å²) in [4.78, 5) is 2.52. The van der Waals surface area contributed by atoms with Crippen molar-refractivity contribution in [3.8, 4) is 0 Å². The average molecular weight is 326 g/mol. The van der Waals surface area contributed by atoms with E-state index >= 15 is 0 Å². The second kappa shape index (κ2) is 7.97. The van der Waals surface area contributed by atoms with Crippen LogP contribution < -0.4 is 10.6 Å². The minimum absolute atomic E-state index is 0.470. The van der Waals surface area contributed by atoms with Crippen molar-refractivity contribution in [1.29, 1.82) is 0 Å². The molecule has 116 valence electrons. The summed E-state index contributed by atoms with van der Waals surface area (Å²) < 4.78 is 0.